The normalized spacial score (nSPS) is 10.9. The average Bonchev–Trinajstić information content (AvgIpc) is 2.77. The van der Waals surface area contributed by atoms with Gasteiger partial charge in [-0.05, 0) is 40.7 Å². The van der Waals surface area contributed by atoms with Crippen LogP contribution >= 0.6 is 23.1 Å². The SMILES string of the molecule is Fc1ccc(-c2nc(Cl)ns2)c2ccccc12. The molecule has 0 amide bonds. The minimum absolute atomic E-state index is 0.221. The minimum atomic E-state index is -0.236. The number of benzene rings is 2. The summed E-state index contributed by atoms with van der Waals surface area (Å²) in [5, 5.41) is 2.32. The molecule has 1 aromatic heterocycles. The first-order valence-electron chi connectivity index (χ1n) is 4.92. The summed E-state index contributed by atoms with van der Waals surface area (Å²) >= 11 is 6.91. The number of aromatic nitrogens is 2. The molecule has 3 aromatic rings. The van der Waals surface area contributed by atoms with Crippen LogP contribution in [0.2, 0.25) is 5.28 Å². The molecule has 17 heavy (non-hydrogen) atoms. The smallest absolute Gasteiger partial charge is 0.206 e. The third-order valence-electron chi connectivity index (χ3n) is 2.50. The van der Waals surface area contributed by atoms with Crippen LogP contribution in [0.1, 0.15) is 0 Å². The predicted octanol–water partition coefficient (Wildman–Crippen LogP) is 4.15. The Labute approximate surface area is 106 Å². The van der Waals surface area contributed by atoms with E-state index in [1.165, 1.54) is 17.6 Å². The molecule has 0 atom stereocenters. The highest BCUT2D eigenvalue weighted by atomic mass is 35.5. The number of nitrogens with zero attached hydrogens (tertiary/aromatic N) is 2. The van der Waals surface area contributed by atoms with Gasteiger partial charge in [-0.1, -0.05) is 24.3 Å². The molecule has 0 aliphatic rings. The second-order valence-electron chi connectivity index (χ2n) is 3.51. The van der Waals surface area contributed by atoms with E-state index in [0.717, 1.165) is 10.9 Å². The second kappa shape index (κ2) is 4.05. The van der Waals surface area contributed by atoms with E-state index in [2.05, 4.69) is 9.36 Å². The van der Waals surface area contributed by atoms with Crippen molar-refractivity contribution in [3.8, 4) is 10.6 Å². The molecule has 0 bridgehead atoms. The van der Waals surface area contributed by atoms with E-state index in [0.29, 0.717) is 10.4 Å². The van der Waals surface area contributed by atoms with Gasteiger partial charge in [-0.3, -0.25) is 0 Å². The number of hydrogen-bond acceptors (Lipinski definition) is 3. The molecular weight excluding hydrogens is 259 g/mol. The van der Waals surface area contributed by atoms with Crippen LogP contribution in [-0.2, 0) is 0 Å². The fourth-order valence-electron chi connectivity index (χ4n) is 1.76. The monoisotopic (exact) mass is 264 g/mol. The van der Waals surface area contributed by atoms with Crippen molar-refractivity contribution in [3.05, 3.63) is 47.5 Å². The molecule has 84 valence electrons. The van der Waals surface area contributed by atoms with Gasteiger partial charge < -0.3 is 0 Å². The van der Waals surface area contributed by atoms with E-state index in [-0.39, 0.29) is 11.1 Å². The van der Waals surface area contributed by atoms with Crippen molar-refractivity contribution in [1.82, 2.24) is 9.36 Å². The maximum Gasteiger partial charge on any atom is 0.234 e. The molecule has 5 heteroatoms. The van der Waals surface area contributed by atoms with Crippen molar-refractivity contribution >= 4 is 33.9 Å². The summed E-state index contributed by atoms with van der Waals surface area (Å²) in [5.74, 6) is -0.236. The highest BCUT2D eigenvalue weighted by Gasteiger charge is 2.10. The molecule has 1 heterocycles. The van der Waals surface area contributed by atoms with Gasteiger partial charge in [0.15, 0.2) is 0 Å². The summed E-state index contributed by atoms with van der Waals surface area (Å²) in [6, 6.07) is 10.4. The van der Waals surface area contributed by atoms with Crippen LogP contribution in [0.15, 0.2) is 36.4 Å². The molecule has 3 rings (SSSR count). The Morgan fingerprint density at radius 3 is 2.53 bits per heavy atom. The van der Waals surface area contributed by atoms with Gasteiger partial charge in [-0.15, -0.1) is 0 Å². The molecule has 0 aliphatic heterocycles. The molecule has 0 spiro atoms. The van der Waals surface area contributed by atoms with Crippen molar-refractivity contribution in [1.29, 1.82) is 0 Å². The summed E-state index contributed by atoms with van der Waals surface area (Å²) < 4.78 is 17.6. The first-order valence-corrected chi connectivity index (χ1v) is 6.07. The number of halogens is 2. The van der Waals surface area contributed by atoms with Gasteiger partial charge in [0.2, 0.25) is 5.28 Å². The topological polar surface area (TPSA) is 25.8 Å². The van der Waals surface area contributed by atoms with Crippen molar-refractivity contribution in [2.24, 2.45) is 0 Å². The molecule has 2 aromatic carbocycles. The van der Waals surface area contributed by atoms with Crippen molar-refractivity contribution in [2.75, 3.05) is 0 Å². The van der Waals surface area contributed by atoms with Crippen molar-refractivity contribution in [3.63, 3.8) is 0 Å². The van der Waals surface area contributed by atoms with Crippen molar-refractivity contribution < 1.29 is 4.39 Å². The zero-order valence-corrected chi connectivity index (χ0v) is 10.1. The number of fused-ring (bicyclic) bond motifs is 1. The van der Waals surface area contributed by atoms with Gasteiger partial charge in [0.1, 0.15) is 10.8 Å². The van der Waals surface area contributed by atoms with Crippen LogP contribution in [0, 0.1) is 5.82 Å². The van der Waals surface area contributed by atoms with Gasteiger partial charge >= 0.3 is 0 Å². The summed E-state index contributed by atoms with van der Waals surface area (Å²) in [7, 11) is 0. The Balaban J connectivity index is 2.34. The van der Waals surface area contributed by atoms with Crippen LogP contribution in [0.25, 0.3) is 21.3 Å². The van der Waals surface area contributed by atoms with Crippen LogP contribution in [0.3, 0.4) is 0 Å². The van der Waals surface area contributed by atoms with E-state index in [1.807, 2.05) is 18.2 Å². The molecule has 0 N–H and O–H groups in total. The fourth-order valence-corrected chi connectivity index (χ4v) is 2.61. The highest BCUT2D eigenvalue weighted by Crippen LogP contribution is 2.31. The summed E-state index contributed by atoms with van der Waals surface area (Å²) in [4.78, 5) is 4.11. The van der Waals surface area contributed by atoms with Crippen LogP contribution < -0.4 is 0 Å². The molecule has 0 aliphatic carbocycles. The minimum Gasteiger partial charge on any atom is -0.206 e. The van der Waals surface area contributed by atoms with E-state index in [4.69, 9.17) is 11.6 Å². The third kappa shape index (κ3) is 1.79. The quantitative estimate of drug-likeness (QED) is 0.660. The first kappa shape index (κ1) is 10.6. The molecule has 2 nitrogen and oxygen atoms in total. The van der Waals surface area contributed by atoms with Crippen LogP contribution in [0.5, 0.6) is 0 Å². The molecule has 0 unspecified atom stereocenters. The predicted molar refractivity (Wildman–Crippen MR) is 67.8 cm³/mol. The second-order valence-corrected chi connectivity index (χ2v) is 4.60. The standard InChI is InChI=1S/C12H6ClFN2S/c13-12-15-11(17-16-12)9-5-6-10(14)8-4-2-1-3-7(8)9/h1-6H. The molecular formula is C12H6ClFN2S. The summed E-state index contributed by atoms with van der Waals surface area (Å²) in [6.07, 6.45) is 0. The largest absolute Gasteiger partial charge is 0.234 e. The van der Waals surface area contributed by atoms with Gasteiger partial charge in [-0.25, -0.2) is 9.37 Å². The van der Waals surface area contributed by atoms with E-state index in [9.17, 15) is 4.39 Å². The van der Waals surface area contributed by atoms with Crippen LogP contribution in [-0.4, -0.2) is 9.36 Å². The van der Waals surface area contributed by atoms with Gasteiger partial charge in [0, 0.05) is 10.9 Å². The maximum atomic E-state index is 13.6. The molecule has 0 fully saturated rings. The lowest BCUT2D eigenvalue weighted by Gasteiger charge is -2.03. The molecule has 0 saturated carbocycles. The summed E-state index contributed by atoms with van der Waals surface area (Å²) in [5.41, 5.74) is 0.853. The fraction of sp³-hybridized carbons (Fsp3) is 0. The highest BCUT2D eigenvalue weighted by molar-refractivity contribution is 7.09. The zero-order valence-electron chi connectivity index (χ0n) is 8.52. The van der Waals surface area contributed by atoms with Crippen LogP contribution in [0.4, 0.5) is 4.39 Å². The number of hydrogen-bond donors (Lipinski definition) is 0. The third-order valence-corrected chi connectivity index (χ3v) is 3.52. The van der Waals surface area contributed by atoms with E-state index in [1.54, 1.807) is 12.1 Å². The lowest BCUT2D eigenvalue weighted by atomic mass is 10.0. The average molecular weight is 265 g/mol. The summed E-state index contributed by atoms with van der Waals surface area (Å²) in [6.45, 7) is 0. The lowest BCUT2D eigenvalue weighted by molar-refractivity contribution is 0.640. The van der Waals surface area contributed by atoms with Gasteiger partial charge in [0.05, 0.1) is 0 Å². The Bertz CT molecular complexity index is 696. The number of rotatable bonds is 1. The molecule has 0 radical (unpaired) electrons. The Morgan fingerprint density at radius 2 is 1.82 bits per heavy atom. The Morgan fingerprint density at radius 1 is 1.06 bits per heavy atom. The van der Waals surface area contributed by atoms with E-state index >= 15 is 0 Å². The van der Waals surface area contributed by atoms with E-state index < -0.39 is 0 Å². The lowest BCUT2D eigenvalue weighted by Crippen LogP contribution is -1.84. The maximum absolute atomic E-state index is 13.6. The van der Waals surface area contributed by atoms with Gasteiger partial charge in [-0.2, -0.15) is 4.37 Å². The zero-order chi connectivity index (χ0) is 11.8. The van der Waals surface area contributed by atoms with Gasteiger partial charge in [0.25, 0.3) is 0 Å². The Hall–Kier alpha value is -1.52. The van der Waals surface area contributed by atoms with Crippen molar-refractivity contribution in [2.45, 2.75) is 0 Å². The molecule has 0 saturated heterocycles. The first-order chi connectivity index (χ1) is 8.25. The Kier molecular flexibility index (Phi) is 2.53.